The van der Waals surface area contributed by atoms with Gasteiger partial charge in [-0.15, -0.1) is 6.42 Å². The number of amides is 1. The SMILES string of the molecule is C#CCNS(=O)(=O)c1cccc(C(=O)N[C@@H](Cc2ccccc2)c2nc3ccccc3[nH]2)c1. The van der Waals surface area contributed by atoms with Gasteiger partial charge in [-0.2, -0.15) is 4.72 Å². The average Bonchev–Trinajstić information content (AvgIpc) is 3.27. The van der Waals surface area contributed by atoms with Crippen LogP contribution in [0.25, 0.3) is 11.0 Å². The lowest BCUT2D eigenvalue weighted by molar-refractivity contribution is 0.0934. The Kier molecular flexibility index (Phi) is 6.54. The van der Waals surface area contributed by atoms with E-state index in [2.05, 4.69) is 25.9 Å². The zero-order valence-corrected chi connectivity index (χ0v) is 18.5. The molecule has 1 heterocycles. The number of H-pyrrole nitrogens is 1. The molecule has 1 amide bonds. The molecule has 3 N–H and O–H groups in total. The Morgan fingerprint density at radius 3 is 2.55 bits per heavy atom. The Balaban J connectivity index is 1.63. The molecular formula is C25H22N4O3S. The van der Waals surface area contributed by atoms with Crippen LogP contribution in [0.4, 0.5) is 0 Å². The first-order valence-corrected chi connectivity index (χ1v) is 11.8. The van der Waals surface area contributed by atoms with Gasteiger partial charge in [0.25, 0.3) is 5.91 Å². The molecule has 1 atom stereocenters. The highest BCUT2D eigenvalue weighted by atomic mass is 32.2. The van der Waals surface area contributed by atoms with E-state index in [0.29, 0.717) is 12.2 Å². The third kappa shape index (κ3) is 5.29. The van der Waals surface area contributed by atoms with Crippen molar-refractivity contribution in [1.29, 1.82) is 0 Å². The average molecular weight is 459 g/mol. The van der Waals surface area contributed by atoms with E-state index in [1.165, 1.54) is 18.2 Å². The molecule has 8 heteroatoms. The van der Waals surface area contributed by atoms with E-state index in [-0.39, 0.29) is 17.0 Å². The summed E-state index contributed by atoms with van der Waals surface area (Å²) in [6.07, 6.45) is 5.65. The molecule has 0 aliphatic carbocycles. The van der Waals surface area contributed by atoms with E-state index in [9.17, 15) is 13.2 Å². The van der Waals surface area contributed by atoms with Crippen molar-refractivity contribution >= 4 is 27.0 Å². The molecule has 0 fully saturated rings. The number of hydrogen-bond acceptors (Lipinski definition) is 4. The second kappa shape index (κ2) is 9.69. The third-order valence-corrected chi connectivity index (χ3v) is 6.50. The Morgan fingerprint density at radius 2 is 1.79 bits per heavy atom. The largest absolute Gasteiger partial charge is 0.342 e. The van der Waals surface area contributed by atoms with E-state index in [0.717, 1.165) is 16.6 Å². The molecule has 1 aromatic heterocycles. The molecule has 0 unspecified atom stereocenters. The predicted octanol–water partition coefficient (Wildman–Crippen LogP) is 3.19. The molecule has 166 valence electrons. The number of sulfonamides is 1. The molecule has 0 spiro atoms. The van der Waals surface area contributed by atoms with Crippen molar-refractivity contribution in [1.82, 2.24) is 20.0 Å². The minimum atomic E-state index is -3.82. The van der Waals surface area contributed by atoms with Crippen molar-refractivity contribution in [2.45, 2.75) is 17.4 Å². The number of imidazole rings is 1. The smallest absolute Gasteiger partial charge is 0.251 e. The summed E-state index contributed by atoms with van der Waals surface area (Å²) >= 11 is 0. The molecule has 4 rings (SSSR count). The van der Waals surface area contributed by atoms with Gasteiger partial charge >= 0.3 is 0 Å². The van der Waals surface area contributed by atoms with Crippen LogP contribution in [0.3, 0.4) is 0 Å². The molecular weight excluding hydrogens is 436 g/mol. The van der Waals surface area contributed by atoms with Crippen molar-refractivity contribution in [3.63, 3.8) is 0 Å². The van der Waals surface area contributed by atoms with Gasteiger partial charge in [0.2, 0.25) is 10.0 Å². The van der Waals surface area contributed by atoms with Crippen LogP contribution < -0.4 is 10.0 Å². The Labute approximate surface area is 192 Å². The Hall–Kier alpha value is -3.93. The first-order valence-electron chi connectivity index (χ1n) is 10.3. The molecule has 33 heavy (non-hydrogen) atoms. The number of fused-ring (bicyclic) bond motifs is 1. The van der Waals surface area contributed by atoms with Gasteiger partial charge in [0.1, 0.15) is 5.82 Å². The summed E-state index contributed by atoms with van der Waals surface area (Å²) in [6.45, 7) is -0.135. The van der Waals surface area contributed by atoms with Crippen LogP contribution in [-0.2, 0) is 16.4 Å². The van der Waals surface area contributed by atoms with Gasteiger partial charge in [-0.3, -0.25) is 4.79 Å². The van der Waals surface area contributed by atoms with Gasteiger partial charge in [0.15, 0.2) is 0 Å². The first-order chi connectivity index (χ1) is 16.0. The molecule has 0 saturated carbocycles. The standard InChI is InChI=1S/C25H22N4O3S/c1-2-15-26-33(31,32)20-12-8-11-19(17-20)25(30)29-23(16-18-9-4-3-5-10-18)24-27-21-13-6-7-14-22(21)28-24/h1,3-14,17,23,26H,15-16H2,(H,27,28)(H,29,30)/t23-/m0/s1. The number of aromatic amines is 1. The number of carbonyl (C=O) groups excluding carboxylic acids is 1. The number of rotatable bonds is 8. The lowest BCUT2D eigenvalue weighted by Crippen LogP contribution is -2.31. The molecule has 3 aromatic carbocycles. The normalized spacial score (nSPS) is 12.2. The topological polar surface area (TPSA) is 104 Å². The number of benzene rings is 3. The number of nitrogens with zero attached hydrogens (tertiary/aromatic N) is 1. The summed E-state index contributed by atoms with van der Waals surface area (Å²) in [6, 6.07) is 22.8. The lowest BCUT2D eigenvalue weighted by Gasteiger charge is -2.17. The minimum Gasteiger partial charge on any atom is -0.342 e. The van der Waals surface area contributed by atoms with Crippen molar-refractivity contribution in [3.05, 3.63) is 95.8 Å². The molecule has 0 aliphatic heterocycles. The van der Waals surface area contributed by atoms with Gasteiger partial charge in [-0.05, 0) is 42.3 Å². The monoisotopic (exact) mass is 458 g/mol. The van der Waals surface area contributed by atoms with Crippen molar-refractivity contribution in [3.8, 4) is 12.3 Å². The molecule has 7 nitrogen and oxygen atoms in total. The van der Waals surface area contributed by atoms with Crippen LogP contribution in [-0.4, -0.2) is 30.8 Å². The van der Waals surface area contributed by atoms with Crippen LogP contribution >= 0.6 is 0 Å². The summed E-state index contributed by atoms with van der Waals surface area (Å²) in [5, 5.41) is 3.00. The molecule has 0 radical (unpaired) electrons. The van der Waals surface area contributed by atoms with E-state index in [4.69, 9.17) is 6.42 Å². The van der Waals surface area contributed by atoms with Gasteiger partial charge in [0, 0.05) is 5.56 Å². The van der Waals surface area contributed by atoms with Crippen LogP contribution in [0.2, 0.25) is 0 Å². The number of hydrogen-bond donors (Lipinski definition) is 3. The van der Waals surface area contributed by atoms with Crippen LogP contribution in [0.1, 0.15) is 27.8 Å². The number of nitrogens with one attached hydrogen (secondary N) is 3. The number of para-hydroxylation sites is 2. The fourth-order valence-corrected chi connectivity index (χ4v) is 4.45. The van der Waals surface area contributed by atoms with Gasteiger partial charge in [0.05, 0.1) is 28.5 Å². The summed E-state index contributed by atoms with van der Waals surface area (Å²) in [7, 11) is -3.82. The van der Waals surface area contributed by atoms with Crippen LogP contribution in [0.5, 0.6) is 0 Å². The highest BCUT2D eigenvalue weighted by molar-refractivity contribution is 7.89. The quantitative estimate of drug-likeness (QED) is 0.353. The number of aromatic nitrogens is 2. The predicted molar refractivity (Wildman–Crippen MR) is 127 cm³/mol. The van der Waals surface area contributed by atoms with Crippen LogP contribution in [0, 0.1) is 12.3 Å². The lowest BCUT2D eigenvalue weighted by atomic mass is 10.0. The van der Waals surface area contributed by atoms with E-state index in [1.54, 1.807) is 6.07 Å². The second-order valence-corrected chi connectivity index (χ2v) is 9.18. The zero-order chi connectivity index (χ0) is 23.3. The first kappa shape index (κ1) is 22.3. The third-order valence-electron chi connectivity index (χ3n) is 5.10. The highest BCUT2D eigenvalue weighted by Gasteiger charge is 2.21. The number of terminal acetylenes is 1. The summed E-state index contributed by atoms with van der Waals surface area (Å²) in [5.74, 6) is 2.44. The minimum absolute atomic E-state index is 0.0336. The van der Waals surface area contributed by atoms with Crippen molar-refractivity contribution in [2.75, 3.05) is 6.54 Å². The highest BCUT2D eigenvalue weighted by Crippen LogP contribution is 2.21. The maximum atomic E-state index is 13.1. The maximum Gasteiger partial charge on any atom is 0.251 e. The van der Waals surface area contributed by atoms with Gasteiger partial charge in [-0.25, -0.2) is 13.4 Å². The molecule has 4 aromatic rings. The fourth-order valence-electron chi connectivity index (χ4n) is 3.47. The van der Waals surface area contributed by atoms with E-state index < -0.39 is 22.0 Å². The maximum absolute atomic E-state index is 13.1. The Bertz CT molecular complexity index is 1390. The van der Waals surface area contributed by atoms with Gasteiger partial charge < -0.3 is 10.3 Å². The summed E-state index contributed by atoms with van der Waals surface area (Å²) < 4.78 is 27.1. The summed E-state index contributed by atoms with van der Waals surface area (Å²) in [4.78, 5) is 21.0. The van der Waals surface area contributed by atoms with E-state index in [1.807, 2.05) is 54.6 Å². The van der Waals surface area contributed by atoms with Crippen molar-refractivity contribution in [2.24, 2.45) is 0 Å². The van der Waals surface area contributed by atoms with E-state index >= 15 is 0 Å². The molecule has 0 aliphatic rings. The second-order valence-electron chi connectivity index (χ2n) is 7.41. The summed E-state index contributed by atoms with van der Waals surface area (Å²) in [5.41, 5.74) is 2.91. The molecule has 0 saturated heterocycles. The fraction of sp³-hybridized carbons (Fsp3) is 0.120. The number of carbonyl (C=O) groups is 1. The zero-order valence-electron chi connectivity index (χ0n) is 17.7. The van der Waals surface area contributed by atoms with Gasteiger partial charge in [-0.1, -0.05) is 54.5 Å². The van der Waals surface area contributed by atoms with Crippen LogP contribution in [0.15, 0.2) is 83.8 Å². The van der Waals surface area contributed by atoms with Crippen molar-refractivity contribution < 1.29 is 13.2 Å². The Morgan fingerprint density at radius 1 is 1.03 bits per heavy atom. The molecule has 0 bridgehead atoms.